The van der Waals surface area contributed by atoms with Gasteiger partial charge in [0.05, 0.1) is 5.69 Å². The molecule has 0 spiro atoms. The average Bonchev–Trinajstić information content (AvgIpc) is 2.73. The summed E-state index contributed by atoms with van der Waals surface area (Å²) in [6, 6.07) is 7.25. The molecule has 0 radical (unpaired) electrons. The smallest absolute Gasteiger partial charge is 0.226 e. The van der Waals surface area contributed by atoms with Crippen molar-refractivity contribution in [3.63, 3.8) is 0 Å². The van der Waals surface area contributed by atoms with Crippen molar-refractivity contribution in [3.8, 4) is 11.5 Å². The molecule has 0 fully saturated rings. The molecule has 0 aliphatic rings. The maximum Gasteiger partial charge on any atom is 0.226 e. The highest BCUT2D eigenvalue weighted by Crippen LogP contribution is 2.23. The summed E-state index contributed by atoms with van der Waals surface area (Å²) in [5, 5.41) is 9.77. The van der Waals surface area contributed by atoms with E-state index in [4.69, 9.17) is 21.1 Å². The third-order valence-corrected chi connectivity index (χ3v) is 2.60. The summed E-state index contributed by atoms with van der Waals surface area (Å²) in [5.41, 5.74) is 1.66. The Labute approximate surface area is 98.7 Å². The third-order valence-electron chi connectivity index (χ3n) is 2.35. The van der Waals surface area contributed by atoms with Crippen LogP contribution in [-0.4, -0.2) is 10.1 Å². The average molecular weight is 238 g/mol. The topological polar surface area (TPSA) is 46.3 Å². The van der Waals surface area contributed by atoms with Gasteiger partial charge in [0.25, 0.3) is 0 Å². The van der Waals surface area contributed by atoms with Crippen molar-refractivity contribution in [3.05, 3.63) is 40.7 Å². The van der Waals surface area contributed by atoms with Crippen LogP contribution in [0.4, 0.5) is 0 Å². The van der Waals surface area contributed by atoms with Crippen LogP contribution in [-0.2, 0) is 13.0 Å². The van der Waals surface area contributed by atoms with Gasteiger partial charge in [0.15, 0.2) is 5.76 Å². The summed E-state index contributed by atoms with van der Waals surface area (Å²) in [6.45, 7) is 1.85. The van der Waals surface area contributed by atoms with E-state index in [2.05, 4.69) is 4.98 Å². The van der Waals surface area contributed by atoms with Gasteiger partial charge < -0.3 is 9.52 Å². The minimum absolute atomic E-state index is 0.121. The number of aliphatic hydroxyl groups is 1. The quantitative estimate of drug-likeness (QED) is 0.893. The fraction of sp³-hybridized carbons (Fsp3) is 0.250. The molecule has 4 heteroatoms. The highest BCUT2D eigenvalue weighted by Gasteiger charge is 2.11. The Kier molecular flexibility index (Phi) is 3.27. The first-order valence-electron chi connectivity index (χ1n) is 5.10. The van der Waals surface area contributed by atoms with Gasteiger partial charge in [0.1, 0.15) is 6.61 Å². The van der Waals surface area contributed by atoms with Crippen LogP contribution in [0.3, 0.4) is 0 Å². The normalized spacial score (nSPS) is 10.7. The zero-order valence-corrected chi connectivity index (χ0v) is 9.66. The van der Waals surface area contributed by atoms with Gasteiger partial charge in [-0.1, -0.05) is 18.5 Å². The second-order valence-corrected chi connectivity index (χ2v) is 3.84. The molecule has 0 aliphatic carbocycles. The Hall–Kier alpha value is -1.32. The molecule has 1 N–H and O–H groups in total. The van der Waals surface area contributed by atoms with Crippen LogP contribution >= 0.6 is 11.6 Å². The van der Waals surface area contributed by atoms with Crippen molar-refractivity contribution < 1.29 is 9.52 Å². The molecule has 2 aromatic rings. The molecular formula is C12H12ClNO2. The van der Waals surface area contributed by atoms with E-state index in [0.717, 1.165) is 17.7 Å². The Morgan fingerprint density at radius 3 is 2.50 bits per heavy atom. The number of oxazole rings is 1. The standard InChI is InChI=1S/C12H12ClNO2/c1-2-10-11(7-15)16-12(14-10)8-3-5-9(13)6-4-8/h3-6,15H,2,7H2,1H3. The van der Waals surface area contributed by atoms with E-state index in [1.165, 1.54) is 0 Å². The van der Waals surface area contributed by atoms with Crippen molar-refractivity contribution >= 4 is 11.6 Å². The largest absolute Gasteiger partial charge is 0.438 e. The first-order valence-corrected chi connectivity index (χ1v) is 5.47. The Morgan fingerprint density at radius 1 is 1.31 bits per heavy atom. The molecule has 0 bridgehead atoms. The van der Waals surface area contributed by atoms with E-state index in [1.807, 2.05) is 19.1 Å². The number of nitrogens with zero attached hydrogens (tertiary/aromatic N) is 1. The van der Waals surface area contributed by atoms with Crippen LogP contribution in [0.2, 0.25) is 5.02 Å². The molecule has 1 aromatic carbocycles. The van der Waals surface area contributed by atoms with Crippen molar-refractivity contribution in [2.45, 2.75) is 20.0 Å². The van der Waals surface area contributed by atoms with E-state index in [0.29, 0.717) is 16.7 Å². The second-order valence-electron chi connectivity index (χ2n) is 3.41. The zero-order chi connectivity index (χ0) is 11.5. The Bertz CT molecular complexity index is 455. The van der Waals surface area contributed by atoms with E-state index in [9.17, 15) is 0 Å². The van der Waals surface area contributed by atoms with Gasteiger partial charge in [-0.2, -0.15) is 0 Å². The fourth-order valence-electron chi connectivity index (χ4n) is 1.50. The minimum atomic E-state index is -0.121. The SMILES string of the molecule is CCc1nc(-c2ccc(Cl)cc2)oc1CO. The van der Waals surface area contributed by atoms with Crippen LogP contribution in [0.5, 0.6) is 0 Å². The molecule has 84 valence electrons. The molecule has 1 heterocycles. The molecule has 0 amide bonds. The van der Waals surface area contributed by atoms with Crippen molar-refractivity contribution in [1.29, 1.82) is 0 Å². The fourth-order valence-corrected chi connectivity index (χ4v) is 1.63. The van der Waals surface area contributed by atoms with Gasteiger partial charge in [0, 0.05) is 10.6 Å². The molecule has 0 atom stereocenters. The summed E-state index contributed by atoms with van der Waals surface area (Å²) in [4.78, 5) is 4.33. The van der Waals surface area contributed by atoms with Gasteiger partial charge in [-0.05, 0) is 30.7 Å². The lowest BCUT2D eigenvalue weighted by atomic mass is 10.2. The number of hydrogen-bond donors (Lipinski definition) is 1. The molecule has 1 aromatic heterocycles. The van der Waals surface area contributed by atoms with Crippen molar-refractivity contribution in [1.82, 2.24) is 4.98 Å². The van der Waals surface area contributed by atoms with Gasteiger partial charge in [-0.15, -0.1) is 0 Å². The van der Waals surface area contributed by atoms with Gasteiger partial charge in [-0.25, -0.2) is 4.98 Å². The van der Waals surface area contributed by atoms with Crippen molar-refractivity contribution in [2.75, 3.05) is 0 Å². The number of aliphatic hydroxyl groups excluding tert-OH is 1. The first-order chi connectivity index (χ1) is 7.74. The van der Waals surface area contributed by atoms with E-state index >= 15 is 0 Å². The number of hydrogen-bond acceptors (Lipinski definition) is 3. The van der Waals surface area contributed by atoms with Gasteiger partial charge >= 0.3 is 0 Å². The number of benzene rings is 1. The molecule has 3 nitrogen and oxygen atoms in total. The first kappa shape index (κ1) is 11.2. The van der Waals surface area contributed by atoms with E-state index < -0.39 is 0 Å². The Balaban J connectivity index is 2.40. The molecule has 0 aliphatic heterocycles. The summed E-state index contributed by atoms with van der Waals surface area (Å²) in [7, 11) is 0. The van der Waals surface area contributed by atoms with Crippen LogP contribution < -0.4 is 0 Å². The molecule has 16 heavy (non-hydrogen) atoms. The highest BCUT2D eigenvalue weighted by atomic mass is 35.5. The molecule has 0 unspecified atom stereocenters. The van der Waals surface area contributed by atoms with Crippen LogP contribution in [0.15, 0.2) is 28.7 Å². The number of rotatable bonds is 3. The molecule has 0 saturated carbocycles. The summed E-state index contributed by atoms with van der Waals surface area (Å²) >= 11 is 5.80. The van der Waals surface area contributed by atoms with Gasteiger partial charge in [0.2, 0.25) is 5.89 Å². The number of halogens is 1. The zero-order valence-electron chi connectivity index (χ0n) is 8.90. The number of aryl methyl sites for hydroxylation is 1. The summed E-state index contributed by atoms with van der Waals surface area (Å²) < 4.78 is 5.48. The number of aromatic nitrogens is 1. The summed E-state index contributed by atoms with van der Waals surface area (Å²) in [5.74, 6) is 1.06. The lowest BCUT2D eigenvalue weighted by Crippen LogP contribution is -1.87. The summed E-state index contributed by atoms with van der Waals surface area (Å²) in [6.07, 6.45) is 0.743. The van der Waals surface area contributed by atoms with Crippen LogP contribution in [0.1, 0.15) is 18.4 Å². The Morgan fingerprint density at radius 2 is 2.00 bits per heavy atom. The lowest BCUT2D eigenvalue weighted by molar-refractivity contribution is 0.247. The van der Waals surface area contributed by atoms with Crippen LogP contribution in [0.25, 0.3) is 11.5 Å². The predicted molar refractivity (Wildman–Crippen MR) is 62.2 cm³/mol. The minimum Gasteiger partial charge on any atom is -0.438 e. The highest BCUT2D eigenvalue weighted by molar-refractivity contribution is 6.30. The molecule has 0 saturated heterocycles. The van der Waals surface area contributed by atoms with E-state index in [-0.39, 0.29) is 6.61 Å². The predicted octanol–water partition coefficient (Wildman–Crippen LogP) is 3.05. The molecular weight excluding hydrogens is 226 g/mol. The van der Waals surface area contributed by atoms with Crippen molar-refractivity contribution in [2.24, 2.45) is 0 Å². The van der Waals surface area contributed by atoms with E-state index in [1.54, 1.807) is 12.1 Å². The maximum absolute atomic E-state index is 9.10. The maximum atomic E-state index is 9.10. The lowest BCUT2D eigenvalue weighted by Gasteiger charge is -1.94. The van der Waals surface area contributed by atoms with Gasteiger partial charge in [-0.3, -0.25) is 0 Å². The molecule has 2 rings (SSSR count). The third kappa shape index (κ3) is 2.10. The second kappa shape index (κ2) is 4.68. The monoisotopic (exact) mass is 237 g/mol. The van der Waals surface area contributed by atoms with Crippen LogP contribution in [0, 0.1) is 0 Å².